The highest BCUT2D eigenvalue weighted by atomic mass is 32.2. The first-order chi connectivity index (χ1) is 15.3. The normalized spacial score (nSPS) is 15.7. The Labute approximate surface area is 189 Å². The van der Waals surface area contributed by atoms with E-state index < -0.39 is 22.0 Å². The third-order valence-electron chi connectivity index (χ3n) is 5.38. The molecule has 0 aliphatic carbocycles. The van der Waals surface area contributed by atoms with Gasteiger partial charge in [-0.1, -0.05) is 18.6 Å². The maximum atomic E-state index is 13.0. The van der Waals surface area contributed by atoms with E-state index in [2.05, 4.69) is 5.32 Å². The maximum Gasteiger partial charge on any atom is 0.253 e. The fraction of sp³-hybridized carbons (Fsp3) is 0.435. The summed E-state index contributed by atoms with van der Waals surface area (Å²) in [7, 11) is -0.584. The molecule has 1 amide bonds. The molecule has 32 heavy (non-hydrogen) atoms. The second kappa shape index (κ2) is 10.8. The number of ether oxygens (including phenoxy) is 3. The molecule has 0 aromatic heterocycles. The molecule has 1 N–H and O–H groups in total. The SMILES string of the molecule is COc1cccc(COC(C)C(=O)Nc2cc(S(=O)(=O)N3CCCCC3)ccc2OC)c1. The topological polar surface area (TPSA) is 94.2 Å². The van der Waals surface area contributed by atoms with Gasteiger partial charge in [-0.2, -0.15) is 4.31 Å². The summed E-state index contributed by atoms with van der Waals surface area (Å²) in [5.74, 6) is 0.675. The number of benzene rings is 2. The number of nitrogens with one attached hydrogen (secondary N) is 1. The molecule has 1 saturated heterocycles. The monoisotopic (exact) mass is 462 g/mol. The molecule has 1 aliphatic heterocycles. The van der Waals surface area contributed by atoms with Crippen molar-refractivity contribution >= 4 is 21.6 Å². The fourth-order valence-corrected chi connectivity index (χ4v) is 5.04. The lowest BCUT2D eigenvalue weighted by atomic mass is 10.2. The second-order valence-electron chi connectivity index (χ2n) is 7.62. The van der Waals surface area contributed by atoms with Crippen molar-refractivity contribution in [2.24, 2.45) is 0 Å². The zero-order valence-corrected chi connectivity index (χ0v) is 19.5. The van der Waals surface area contributed by atoms with Gasteiger partial charge in [-0.15, -0.1) is 0 Å². The summed E-state index contributed by atoms with van der Waals surface area (Å²) in [6.45, 7) is 2.87. The van der Waals surface area contributed by atoms with Crippen molar-refractivity contribution in [2.75, 3.05) is 32.6 Å². The van der Waals surface area contributed by atoms with Crippen LogP contribution in [0.4, 0.5) is 5.69 Å². The standard InChI is InChI=1S/C23H30N2O6S/c1-17(31-16-18-8-7-9-19(14-18)29-2)23(26)24-21-15-20(10-11-22(21)30-3)32(27,28)25-12-5-4-6-13-25/h7-11,14-15,17H,4-6,12-13,16H2,1-3H3,(H,24,26). The first kappa shape index (κ1) is 24.0. The second-order valence-corrected chi connectivity index (χ2v) is 9.56. The number of sulfonamides is 1. The Balaban J connectivity index is 1.70. The highest BCUT2D eigenvalue weighted by Gasteiger charge is 2.27. The Morgan fingerprint density at radius 1 is 1.06 bits per heavy atom. The number of amides is 1. The highest BCUT2D eigenvalue weighted by Crippen LogP contribution is 2.30. The molecule has 0 spiro atoms. The fourth-order valence-electron chi connectivity index (χ4n) is 3.49. The molecule has 0 bridgehead atoms. The van der Waals surface area contributed by atoms with E-state index in [9.17, 15) is 13.2 Å². The van der Waals surface area contributed by atoms with Gasteiger partial charge in [0.2, 0.25) is 10.0 Å². The molecule has 9 heteroatoms. The summed E-state index contributed by atoms with van der Waals surface area (Å²) < 4.78 is 43.7. The van der Waals surface area contributed by atoms with Crippen molar-refractivity contribution in [3.8, 4) is 11.5 Å². The van der Waals surface area contributed by atoms with Crippen molar-refractivity contribution < 1.29 is 27.4 Å². The van der Waals surface area contributed by atoms with Crippen LogP contribution in [0.1, 0.15) is 31.7 Å². The summed E-state index contributed by atoms with van der Waals surface area (Å²) in [6.07, 6.45) is 1.96. The lowest BCUT2D eigenvalue weighted by molar-refractivity contribution is -0.127. The average Bonchev–Trinajstić information content (AvgIpc) is 2.83. The molecule has 2 aromatic carbocycles. The predicted octanol–water partition coefficient (Wildman–Crippen LogP) is 3.42. The van der Waals surface area contributed by atoms with Gasteiger partial charge in [0.1, 0.15) is 17.6 Å². The zero-order chi connectivity index (χ0) is 23.1. The Kier molecular flexibility index (Phi) is 8.11. The number of hydrogen-bond acceptors (Lipinski definition) is 6. The number of carbonyl (C=O) groups excluding carboxylic acids is 1. The van der Waals surface area contributed by atoms with Crippen LogP contribution < -0.4 is 14.8 Å². The molecule has 1 unspecified atom stereocenters. The summed E-state index contributed by atoms with van der Waals surface area (Å²) in [5.41, 5.74) is 1.16. The molecule has 1 heterocycles. The van der Waals surface area contributed by atoms with Crippen molar-refractivity contribution in [3.63, 3.8) is 0 Å². The molecule has 174 valence electrons. The van der Waals surface area contributed by atoms with E-state index in [-0.39, 0.29) is 17.2 Å². The molecule has 0 saturated carbocycles. The zero-order valence-electron chi connectivity index (χ0n) is 18.7. The number of nitrogens with zero attached hydrogens (tertiary/aromatic N) is 1. The highest BCUT2D eigenvalue weighted by molar-refractivity contribution is 7.89. The molecule has 2 aromatic rings. The van der Waals surface area contributed by atoms with E-state index in [0.717, 1.165) is 24.8 Å². The van der Waals surface area contributed by atoms with Crippen molar-refractivity contribution in [1.29, 1.82) is 0 Å². The number of piperidine rings is 1. The van der Waals surface area contributed by atoms with Crippen LogP contribution in [0.25, 0.3) is 0 Å². The first-order valence-corrected chi connectivity index (χ1v) is 12.0. The number of hydrogen-bond donors (Lipinski definition) is 1. The Bertz CT molecular complexity index is 1030. The lowest BCUT2D eigenvalue weighted by Gasteiger charge is -2.26. The number of rotatable bonds is 9. The Hall–Kier alpha value is -2.62. The van der Waals surface area contributed by atoms with E-state index in [1.807, 2.05) is 24.3 Å². The van der Waals surface area contributed by atoms with E-state index in [1.54, 1.807) is 20.1 Å². The van der Waals surface area contributed by atoms with Gasteiger partial charge < -0.3 is 19.5 Å². The molecule has 1 fully saturated rings. The van der Waals surface area contributed by atoms with Crippen LogP contribution in [0, 0.1) is 0 Å². The van der Waals surface area contributed by atoms with Crippen LogP contribution >= 0.6 is 0 Å². The van der Waals surface area contributed by atoms with Crippen LogP contribution in [-0.2, 0) is 26.2 Å². The van der Waals surface area contributed by atoms with Gasteiger partial charge in [-0.3, -0.25) is 4.79 Å². The molecular weight excluding hydrogens is 432 g/mol. The molecule has 1 atom stereocenters. The van der Waals surface area contributed by atoms with E-state index in [4.69, 9.17) is 14.2 Å². The van der Waals surface area contributed by atoms with Gasteiger partial charge in [0, 0.05) is 13.1 Å². The minimum absolute atomic E-state index is 0.125. The largest absolute Gasteiger partial charge is 0.497 e. The molecule has 0 radical (unpaired) electrons. The molecular formula is C23H30N2O6S. The van der Waals surface area contributed by atoms with Crippen molar-refractivity contribution in [3.05, 3.63) is 48.0 Å². The third kappa shape index (κ3) is 5.79. The van der Waals surface area contributed by atoms with E-state index in [0.29, 0.717) is 24.6 Å². The number of carbonyl (C=O) groups is 1. The van der Waals surface area contributed by atoms with Crippen molar-refractivity contribution in [1.82, 2.24) is 4.31 Å². The van der Waals surface area contributed by atoms with Gasteiger partial charge in [0.05, 0.1) is 31.4 Å². The van der Waals surface area contributed by atoms with Gasteiger partial charge >= 0.3 is 0 Å². The lowest BCUT2D eigenvalue weighted by Crippen LogP contribution is -2.35. The van der Waals surface area contributed by atoms with Crippen molar-refractivity contribution in [2.45, 2.75) is 43.8 Å². The van der Waals surface area contributed by atoms with Crippen LogP contribution in [0.2, 0.25) is 0 Å². The maximum absolute atomic E-state index is 13.0. The minimum atomic E-state index is -3.64. The summed E-state index contributed by atoms with van der Waals surface area (Å²) in [5, 5.41) is 2.74. The van der Waals surface area contributed by atoms with Gasteiger partial charge in [0.15, 0.2) is 0 Å². The predicted molar refractivity (Wildman–Crippen MR) is 121 cm³/mol. The van der Waals surface area contributed by atoms with Gasteiger partial charge in [-0.25, -0.2) is 8.42 Å². The van der Waals surface area contributed by atoms with Gasteiger partial charge in [0.25, 0.3) is 5.91 Å². The van der Waals surface area contributed by atoms with Crippen LogP contribution in [0.15, 0.2) is 47.4 Å². The van der Waals surface area contributed by atoms with Gasteiger partial charge in [-0.05, 0) is 55.7 Å². The van der Waals surface area contributed by atoms with E-state index in [1.165, 1.54) is 23.5 Å². The number of anilines is 1. The first-order valence-electron chi connectivity index (χ1n) is 10.6. The molecule has 8 nitrogen and oxygen atoms in total. The minimum Gasteiger partial charge on any atom is -0.497 e. The molecule has 3 rings (SSSR count). The summed E-state index contributed by atoms with van der Waals surface area (Å²) in [6, 6.07) is 11.9. The van der Waals surface area contributed by atoms with Crippen LogP contribution in [0.3, 0.4) is 0 Å². The Morgan fingerprint density at radius 3 is 2.50 bits per heavy atom. The molecule has 1 aliphatic rings. The smallest absolute Gasteiger partial charge is 0.253 e. The van der Waals surface area contributed by atoms with Crippen LogP contribution in [0.5, 0.6) is 11.5 Å². The average molecular weight is 463 g/mol. The van der Waals surface area contributed by atoms with E-state index >= 15 is 0 Å². The third-order valence-corrected chi connectivity index (χ3v) is 7.28. The summed E-state index contributed by atoms with van der Waals surface area (Å²) >= 11 is 0. The number of methoxy groups -OCH3 is 2. The quantitative estimate of drug-likeness (QED) is 0.614. The Morgan fingerprint density at radius 2 is 1.81 bits per heavy atom. The summed E-state index contributed by atoms with van der Waals surface area (Å²) in [4.78, 5) is 12.8. The van der Waals surface area contributed by atoms with Crippen LogP contribution in [-0.4, -0.2) is 52.0 Å².